The van der Waals surface area contributed by atoms with Gasteiger partial charge in [-0.05, 0) is 43.3 Å². The Balaban J connectivity index is 1.58. The van der Waals surface area contributed by atoms with Gasteiger partial charge in [-0.15, -0.1) is 0 Å². The fraction of sp³-hybridized carbons (Fsp3) is 0.0870. The fourth-order valence-corrected chi connectivity index (χ4v) is 3.23. The van der Waals surface area contributed by atoms with Crippen molar-refractivity contribution in [2.45, 2.75) is 6.92 Å². The predicted octanol–water partition coefficient (Wildman–Crippen LogP) is 3.58. The average Bonchev–Trinajstić information content (AvgIpc) is 3.39. The standard InChI is InChI=1S/C23H20N4O4/c1-15-20(23(30)27(26(15)2)19-9-4-3-5-10-19)25-21(28)16-7-6-8-18(13-16)24-22(29)17-11-12-31-14-17/h3-14H,1-2H3,(H,24,29)(H,25,28). The first-order valence-corrected chi connectivity index (χ1v) is 9.54. The van der Waals surface area contributed by atoms with Crippen molar-refractivity contribution < 1.29 is 14.0 Å². The van der Waals surface area contributed by atoms with E-state index in [0.29, 0.717) is 28.2 Å². The summed E-state index contributed by atoms with van der Waals surface area (Å²) in [6.45, 7) is 1.76. The molecular weight excluding hydrogens is 396 g/mol. The van der Waals surface area contributed by atoms with Crippen LogP contribution in [0.2, 0.25) is 0 Å². The maximum atomic E-state index is 13.0. The molecule has 2 aromatic carbocycles. The van der Waals surface area contributed by atoms with Crippen molar-refractivity contribution in [2.24, 2.45) is 7.05 Å². The highest BCUT2D eigenvalue weighted by atomic mass is 16.3. The molecule has 0 fully saturated rings. The first-order chi connectivity index (χ1) is 15.0. The van der Waals surface area contributed by atoms with E-state index in [1.54, 1.807) is 49.0 Å². The molecule has 2 heterocycles. The van der Waals surface area contributed by atoms with Gasteiger partial charge in [0.2, 0.25) is 0 Å². The van der Waals surface area contributed by atoms with Crippen molar-refractivity contribution in [3.63, 3.8) is 0 Å². The number of nitrogens with zero attached hydrogens (tertiary/aromatic N) is 2. The van der Waals surface area contributed by atoms with Gasteiger partial charge < -0.3 is 15.1 Å². The van der Waals surface area contributed by atoms with E-state index in [9.17, 15) is 14.4 Å². The van der Waals surface area contributed by atoms with Gasteiger partial charge in [-0.3, -0.25) is 19.1 Å². The number of anilines is 2. The Hall–Kier alpha value is -4.33. The lowest BCUT2D eigenvalue weighted by Crippen LogP contribution is -2.23. The van der Waals surface area contributed by atoms with E-state index >= 15 is 0 Å². The van der Waals surface area contributed by atoms with Crippen molar-refractivity contribution in [3.05, 3.63) is 100 Å². The predicted molar refractivity (Wildman–Crippen MR) is 117 cm³/mol. The number of rotatable bonds is 5. The van der Waals surface area contributed by atoms with Crippen molar-refractivity contribution in [1.82, 2.24) is 9.36 Å². The van der Waals surface area contributed by atoms with Crippen LogP contribution in [0.5, 0.6) is 0 Å². The molecule has 0 unspecified atom stereocenters. The van der Waals surface area contributed by atoms with Crippen LogP contribution in [0.3, 0.4) is 0 Å². The molecule has 2 amide bonds. The number of furan rings is 1. The van der Waals surface area contributed by atoms with Crippen molar-refractivity contribution in [3.8, 4) is 5.69 Å². The number of nitrogens with one attached hydrogen (secondary N) is 2. The summed E-state index contributed by atoms with van der Waals surface area (Å²) in [7, 11) is 1.76. The lowest BCUT2D eigenvalue weighted by molar-refractivity contribution is 0.101. The third-order valence-electron chi connectivity index (χ3n) is 4.96. The number of carbonyl (C=O) groups is 2. The normalized spacial score (nSPS) is 10.6. The van der Waals surface area contributed by atoms with Crippen LogP contribution < -0.4 is 16.2 Å². The maximum Gasteiger partial charge on any atom is 0.295 e. The highest BCUT2D eigenvalue weighted by molar-refractivity contribution is 6.07. The quantitative estimate of drug-likeness (QED) is 0.520. The third-order valence-corrected chi connectivity index (χ3v) is 4.96. The second kappa shape index (κ2) is 8.19. The summed E-state index contributed by atoms with van der Waals surface area (Å²) in [5.74, 6) is -0.804. The molecule has 4 rings (SSSR count). The van der Waals surface area contributed by atoms with Crippen LogP contribution in [0.25, 0.3) is 5.69 Å². The van der Waals surface area contributed by atoms with Gasteiger partial charge in [0.05, 0.1) is 23.2 Å². The van der Waals surface area contributed by atoms with E-state index in [4.69, 9.17) is 4.42 Å². The number of benzene rings is 2. The molecule has 2 N–H and O–H groups in total. The third kappa shape index (κ3) is 3.91. The first-order valence-electron chi connectivity index (χ1n) is 9.54. The van der Waals surface area contributed by atoms with Crippen molar-refractivity contribution >= 4 is 23.2 Å². The van der Waals surface area contributed by atoms with Crippen LogP contribution in [-0.4, -0.2) is 21.2 Å². The average molecular weight is 416 g/mol. The number of para-hydroxylation sites is 1. The van der Waals surface area contributed by atoms with Gasteiger partial charge in [0.25, 0.3) is 17.4 Å². The highest BCUT2D eigenvalue weighted by Crippen LogP contribution is 2.17. The molecule has 0 aliphatic rings. The largest absolute Gasteiger partial charge is 0.472 e. The van der Waals surface area contributed by atoms with E-state index in [1.807, 2.05) is 30.3 Å². The molecule has 0 saturated heterocycles. The molecule has 2 aromatic heterocycles. The fourth-order valence-electron chi connectivity index (χ4n) is 3.23. The van der Waals surface area contributed by atoms with Crippen molar-refractivity contribution in [1.29, 1.82) is 0 Å². The second-order valence-electron chi connectivity index (χ2n) is 6.94. The molecule has 0 atom stereocenters. The van der Waals surface area contributed by atoms with Crippen LogP contribution in [-0.2, 0) is 7.05 Å². The SMILES string of the molecule is Cc1c(NC(=O)c2cccc(NC(=O)c3ccoc3)c2)c(=O)n(-c2ccccc2)n1C. The van der Waals surface area contributed by atoms with Gasteiger partial charge in [-0.1, -0.05) is 24.3 Å². The Bertz CT molecular complexity index is 1300. The van der Waals surface area contributed by atoms with E-state index in [-0.39, 0.29) is 17.2 Å². The van der Waals surface area contributed by atoms with Crippen molar-refractivity contribution in [2.75, 3.05) is 10.6 Å². The van der Waals surface area contributed by atoms with Crippen LogP contribution in [0, 0.1) is 6.92 Å². The van der Waals surface area contributed by atoms with E-state index in [2.05, 4.69) is 10.6 Å². The molecule has 0 radical (unpaired) electrons. The summed E-state index contributed by atoms with van der Waals surface area (Å²) in [6.07, 6.45) is 2.74. The minimum atomic E-state index is -0.453. The Labute approximate surface area is 177 Å². The number of hydrogen-bond donors (Lipinski definition) is 2. The van der Waals surface area contributed by atoms with E-state index in [0.717, 1.165) is 0 Å². The van der Waals surface area contributed by atoms with Gasteiger partial charge in [-0.25, -0.2) is 4.68 Å². The van der Waals surface area contributed by atoms with Crippen LogP contribution in [0.4, 0.5) is 11.4 Å². The Morgan fingerprint density at radius 2 is 1.65 bits per heavy atom. The molecule has 0 spiro atoms. The van der Waals surface area contributed by atoms with Crippen LogP contribution >= 0.6 is 0 Å². The smallest absolute Gasteiger partial charge is 0.295 e. The summed E-state index contributed by atoms with van der Waals surface area (Å²) in [6, 6.07) is 17.2. The molecule has 8 heteroatoms. The number of hydrogen-bond acceptors (Lipinski definition) is 4. The molecule has 31 heavy (non-hydrogen) atoms. The highest BCUT2D eigenvalue weighted by Gasteiger charge is 2.19. The zero-order valence-corrected chi connectivity index (χ0v) is 17.0. The van der Waals surface area contributed by atoms with Crippen LogP contribution in [0.15, 0.2) is 82.4 Å². The summed E-state index contributed by atoms with van der Waals surface area (Å²) < 4.78 is 8.09. The zero-order valence-electron chi connectivity index (χ0n) is 17.0. The molecular formula is C23H20N4O4. The molecule has 8 nitrogen and oxygen atoms in total. The summed E-state index contributed by atoms with van der Waals surface area (Å²) in [4.78, 5) is 38.0. The molecule has 0 saturated carbocycles. The zero-order chi connectivity index (χ0) is 22.0. The summed E-state index contributed by atoms with van der Waals surface area (Å²) in [5, 5.41) is 5.43. The molecule has 0 aliphatic carbocycles. The molecule has 0 aliphatic heterocycles. The lowest BCUT2D eigenvalue weighted by Gasteiger charge is -2.08. The number of aromatic nitrogens is 2. The second-order valence-corrected chi connectivity index (χ2v) is 6.94. The molecule has 0 bridgehead atoms. The monoisotopic (exact) mass is 416 g/mol. The Morgan fingerprint density at radius 1 is 0.903 bits per heavy atom. The Kier molecular flexibility index (Phi) is 5.28. The first kappa shape index (κ1) is 20.0. The van der Waals surface area contributed by atoms with Gasteiger partial charge in [-0.2, -0.15) is 0 Å². The lowest BCUT2D eigenvalue weighted by atomic mass is 10.1. The minimum Gasteiger partial charge on any atom is -0.472 e. The molecule has 4 aromatic rings. The van der Waals surface area contributed by atoms with Gasteiger partial charge in [0.15, 0.2) is 0 Å². The number of amides is 2. The van der Waals surface area contributed by atoms with E-state index in [1.165, 1.54) is 17.2 Å². The van der Waals surface area contributed by atoms with Gasteiger partial charge in [0.1, 0.15) is 12.0 Å². The van der Waals surface area contributed by atoms with Gasteiger partial charge in [0, 0.05) is 18.3 Å². The minimum absolute atomic E-state index is 0.198. The molecule has 156 valence electrons. The summed E-state index contributed by atoms with van der Waals surface area (Å²) >= 11 is 0. The maximum absolute atomic E-state index is 13.0. The Morgan fingerprint density at radius 3 is 2.35 bits per heavy atom. The van der Waals surface area contributed by atoms with E-state index < -0.39 is 5.91 Å². The van der Waals surface area contributed by atoms with Gasteiger partial charge >= 0.3 is 0 Å². The topological polar surface area (TPSA) is 98.3 Å². The summed E-state index contributed by atoms with van der Waals surface area (Å²) in [5.41, 5.74) is 2.31. The number of carbonyl (C=O) groups excluding carboxylic acids is 2. The van der Waals surface area contributed by atoms with Crippen LogP contribution in [0.1, 0.15) is 26.4 Å².